The standard InChI is InChI=1S/C11H19O7/c1-2-3-6(4-12)8(15)10(17)11(18)9(16)7(14)5-13/h2,6-11,13-18H,1,3,5H2/t6?,7-,8?,9-,10+,11+/m1/s1. The zero-order valence-electron chi connectivity index (χ0n) is 9.75. The first-order chi connectivity index (χ1) is 8.40. The summed E-state index contributed by atoms with van der Waals surface area (Å²) in [5.74, 6) is -1.11. The molecule has 0 bridgehead atoms. The molecule has 0 fully saturated rings. The second-order valence-electron chi connectivity index (χ2n) is 3.96. The van der Waals surface area contributed by atoms with E-state index in [1.54, 1.807) is 0 Å². The molecule has 0 aromatic rings. The van der Waals surface area contributed by atoms with Gasteiger partial charge in [0.05, 0.1) is 18.6 Å². The van der Waals surface area contributed by atoms with Crippen molar-refractivity contribution in [1.29, 1.82) is 0 Å². The second kappa shape index (κ2) is 8.30. The van der Waals surface area contributed by atoms with Crippen LogP contribution in [0, 0.1) is 5.92 Å². The lowest BCUT2D eigenvalue weighted by molar-refractivity contribution is -0.144. The largest absolute Gasteiger partial charge is 0.394 e. The van der Waals surface area contributed by atoms with Crippen LogP contribution in [-0.2, 0) is 4.79 Å². The Morgan fingerprint density at radius 3 is 1.89 bits per heavy atom. The summed E-state index contributed by atoms with van der Waals surface area (Å²) in [6, 6.07) is 0. The smallest absolute Gasteiger partial charge is 0.204 e. The van der Waals surface area contributed by atoms with Gasteiger partial charge < -0.3 is 30.6 Å². The molecule has 0 aromatic heterocycles. The molecular formula is C11H19O7. The van der Waals surface area contributed by atoms with Crippen molar-refractivity contribution in [3.05, 3.63) is 12.7 Å². The molecule has 105 valence electrons. The molecule has 6 N–H and O–H groups in total. The molecule has 0 rings (SSSR count). The first-order valence-corrected chi connectivity index (χ1v) is 5.40. The Hall–Kier alpha value is -0.830. The Labute approximate surface area is 105 Å². The van der Waals surface area contributed by atoms with Crippen molar-refractivity contribution in [2.24, 2.45) is 5.92 Å². The number of hydrogen-bond donors (Lipinski definition) is 6. The normalized spacial score (nSPS) is 21.4. The van der Waals surface area contributed by atoms with Gasteiger partial charge in [-0.25, -0.2) is 0 Å². The predicted molar refractivity (Wildman–Crippen MR) is 61.1 cm³/mol. The van der Waals surface area contributed by atoms with Crippen molar-refractivity contribution in [3.8, 4) is 0 Å². The monoisotopic (exact) mass is 263 g/mol. The molecule has 0 aromatic carbocycles. The number of hydrogen-bond acceptors (Lipinski definition) is 7. The van der Waals surface area contributed by atoms with Crippen molar-refractivity contribution in [2.75, 3.05) is 6.61 Å². The average Bonchev–Trinajstić information content (AvgIpc) is 2.40. The van der Waals surface area contributed by atoms with Crippen molar-refractivity contribution in [1.82, 2.24) is 0 Å². The molecule has 0 spiro atoms. The highest BCUT2D eigenvalue weighted by Crippen LogP contribution is 2.16. The zero-order chi connectivity index (χ0) is 14.3. The topological polar surface area (TPSA) is 138 Å². The highest BCUT2D eigenvalue weighted by Gasteiger charge is 2.37. The van der Waals surface area contributed by atoms with Gasteiger partial charge in [-0.3, -0.25) is 4.79 Å². The van der Waals surface area contributed by atoms with Crippen LogP contribution in [0.15, 0.2) is 12.7 Å². The van der Waals surface area contributed by atoms with Gasteiger partial charge in [-0.05, 0) is 6.42 Å². The first-order valence-electron chi connectivity index (χ1n) is 5.40. The molecule has 0 heterocycles. The molecule has 0 aliphatic rings. The van der Waals surface area contributed by atoms with E-state index in [1.165, 1.54) is 12.4 Å². The Balaban J connectivity index is 4.64. The molecule has 6 atom stereocenters. The second-order valence-corrected chi connectivity index (χ2v) is 3.96. The summed E-state index contributed by atoms with van der Waals surface area (Å²) < 4.78 is 0. The van der Waals surface area contributed by atoms with Gasteiger partial charge in [-0.15, -0.1) is 6.58 Å². The van der Waals surface area contributed by atoms with Crippen molar-refractivity contribution >= 4 is 6.29 Å². The molecule has 7 nitrogen and oxygen atoms in total. The van der Waals surface area contributed by atoms with Gasteiger partial charge in [0.2, 0.25) is 6.29 Å². The van der Waals surface area contributed by atoms with Crippen LogP contribution in [0.2, 0.25) is 0 Å². The van der Waals surface area contributed by atoms with Crippen LogP contribution in [0.1, 0.15) is 6.42 Å². The maximum atomic E-state index is 10.5. The summed E-state index contributed by atoms with van der Waals surface area (Å²) in [4.78, 5) is 10.5. The Morgan fingerprint density at radius 1 is 1.00 bits per heavy atom. The van der Waals surface area contributed by atoms with E-state index in [1.807, 2.05) is 0 Å². The minimum Gasteiger partial charge on any atom is -0.394 e. The number of aliphatic hydroxyl groups excluding tert-OH is 6. The van der Waals surface area contributed by atoms with Crippen molar-refractivity contribution in [2.45, 2.75) is 36.9 Å². The van der Waals surface area contributed by atoms with Crippen LogP contribution in [0.3, 0.4) is 0 Å². The summed E-state index contributed by atoms with van der Waals surface area (Å²) >= 11 is 0. The molecule has 7 heteroatoms. The quantitative estimate of drug-likeness (QED) is 0.245. The minimum absolute atomic E-state index is 0.0348. The third-order valence-corrected chi connectivity index (χ3v) is 2.62. The van der Waals surface area contributed by atoms with Gasteiger partial charge in [-0.2, -0.15) is 0 Å². The van der Waals surface area contributed by atoms with E-state index in [0.717, 1.165) is 0 Å². The zero-order valence-corrected chi connectivity index (χ0v) is 9.75. The predicted octanol–water partition coefficient (Wildman–Crippen LogP) is -2.91. The van der Waals surface area contributed by atoms with Crippen LogP contribution in [0.5, 0.6) is 0 Å². The summed E-state index contributed by atoms with van der Waals surface area (Å²) in [7, 11) is 0. The van der Waals surface area contributed by atoms with Crippen LogP contribution in [0.25, 0.3) is 0 Å². The number of rotatable bonds is 9. The molecule has 2 unspecified atom stereocenters. The fourth-order valence-electron chi connectivity index (χ4n) is 1.41. The van der Waals surface area contributed by atoms with Gasteiger partial charge >= 0.3 is 0 Å². The first kappa shape index (κ1) is 17.2. The lowest BCUT2D eigenvalue weighted by atomic mass is 9.90. The van der Waals surface area contributed by atoms with E-state index in [2.05, 4.69) is 6.58 Å². The van der Waals surface area contributed by atoms with Crippen LogP contribution in [0.4, 0.5) is 0 Å². The third-order valence-electron chi connectivity index (χ3n) is 2.62. The van der Waals surface area contributed by atoms with Gasteiger partial charge in [-0.1, -0.05) is 6.08 Å². The summed E-state index contributed by atoms with van der Waals surface area (Å²) in [5, 5.41) is 55.6. The maximum absolute atomic E-state index is 10.5. The van der Waals surface area contributed by atoms with Crippen molar-refractivity contribution in [3.63, 3.8) is 0 Å². The SMILES string of the molecule is C=CCC([C]=O)C(O)[C@H](O)[C@@H](O)[C@H](O)[C@H](O)CO. The van der Waals surface area contributed by atoms with E-state index in [4.69, 9.17) is 10.2 Å². The summed E-state index contributed by atoms with van der Waals surface area (Å²) in [5.41, 5.74) is 0. The minimum atomic E-state index is -1.91. The molecule has 0 aliphatic carbocycles. The van der Waals surface area contributed by atoms with Crippen LogP contribution >= 0.6 is 0 Å². The van der Waals surface area contributed by atoms with E-state index in [9.17, 15) is 25.2 Å². The molecule has 1 radical (unpaired) electrons. The van der Waals surface area contributed by atoms with Gasteiger partial charge in [0, 0.05) is 0 Å². The van der Waals surface area contributed by atoms with E-state index < -0.39 is 43.0 Å². The summed E-state index contributed by atoms with van der Waals surface area (Å²) in [6.45, 7) is 2.53. The highest BCUT2D eigenvalue weighted by molar-refractivity contribution is 5.56. The van der Waals surface area contributed by atoms with Crippen molar-refractivity contribution < 1.29 is 35.4 Å². The van der Waals surface area contributed by atoms with Gasteiger partial charge in [0.15, 0.2) is 0 Å². The highest BCUT2D eigenvalue weighted by atomic mass is 16.4. The van der Waals surface area contributed by atoms with Gasteiger partial charge in [0.1, 0.15) is 24.4 Å². The van der Waals surface area contributed by atoms with Crippen LogP contribution < -0.4 is 0 Å². The van der Waals surface area contributed by atoms with Gasteiger partial charge in [0.25, 0.3) is 0 Å². The summed E-state index contributed by atoms with van der Waals surface area (Å²) in [6.07, 6.45) is -6.12. The molecule has 0 saturated carbocycles. The number of aliphatic hydroxyl groups is 6. The molecule has 18 heavy (non-hydrogen) atoms. The maximum Gasteiger partial charge on any atom is 0.204 e. The van der Waals surface area contributed by atoms with E-state index in [-0.39, 0.29) is 6.42 Å². The van der Waals surface area contributed by atoms with Crippen LogP contribution in [-0.4, -0.2) is 74.1 Å². The fraction of sp³-hybridized carbons (Fsp3) is 0.727. The molecular weight excluding hydrogens is 244 g/mol. The lowest BCUT2D eigenvalue weighted by Gasteiger charge is -2.30. The molecule has 0 aliphatic heterocycles. The third kappa shape index (κ3) is 4.45. The lowest BCUT2D eigenvalue weighted by Crippen LogP contribution is -2.51. The Kier molecular flexibility index (Phi) is 7.92. The Bertz CT molecular complexity index is 258. The fourth-order valence-corrected chi connectivity index (χ4v) is 1.41. The molecule has 0 saturated heterocycles. The van der Waals surface area contributed by atoms with E-state index >= 15 is 0 Å². The van der Waals surface area contributed by atoms with E-state index in [0.29, 0.717) is 0 Å². The average molecular weight is 263 g/mol. The number of carbonyl (C=O) groups excluding carboxylic acids is 1. The Morgan fingerprint density at radius 2 is 1.50 bits per heavy atom. The molecule has 0 amide bonds. The number of allylic oxidation sites excluding steroid dienone is 1.